The van der Waals surface area contributed by atoms with Gasteiger partial charge in [-0.25, -0.2) is 4.99 Å². The van der Waals surface area contributed by atoms with Gasteiger partial charge in [0.05, 0.1) is 25.5 Å². The van der Waals surface area contributed by atoms with Crippen molar-refractivity contribution >= 4 is 17.8 Å². The molecule has 1 aliphatic heterocycles. The molecule has 0 radical (unpaired) electrons. The van der Waals surface area contributed by atoms with Crippen LogP contribution in [0.2, 0.25) is 0 Å². The molecule has 1 aromatic rings. The Bertz CT molecular complexity index is 864. The molecule has 4 rings (SSSR count). The van der Waals surface area contributed by atoms with Crippen LogP contribution in [-0.4, -0.2) is 49.4 Å². The molecule has 1 aromatic carbocycles. The van der Waals surface area contributed by atoms with E-state index < -0.39 is 0 Å². The van der Waals surface area contributed by atoms with Crippen LogP contribution in [0.25, 0.3) is 0 Å². The molecule has 2 fully saturated rings. The summed E-state index contributed by atoms with van der Waals surface area (Å²) in [4.78, 5) is 31.6. The highest BCUT2D eigenvalue weighted by atomic mass is 16.5. The molecular weight excluding hydrogens is 380 g/mol. The number of aliphatic imine (C=N–C) groups is 1. The number of carbonyl (C=O) groups is 2. The monoisotopic (exact) mass is 410 g/mol. The zero-order valence-corrected chi connectivity index (χ0v) is 17.9. The Balaban J connectivity index is 1.34. The van der Waals surface area contributed by atoms with E-state index in [1.54, 1.807) is 7.11 Å². The Hall–Kier alpha value is -2.83. The number of guanidine groups is 1. The van der Waals surface area contributed by atoms with Crippen molar-refractivity contribution in [2.75, 3.05) is 26.7 Å². The fourth-order valence-electron chi connectivity index (χ4n) is 5.02. The molecule has 2 N–H and O–H groups in total. The molecular formula is C23H30N4O3. The number of carbonyl (C=O) groups excluding carboxylic acids is 2. The molecule has 30 heavy (non-hydrogen) atoms. The van der Waals surface area contributed by atoms with Gasteiger partial charge in [0.15, 0.2) is 5.96 Å². The van der Waals surface area contributed by atoms with Gasteiger partial charge in [-0.3, -0.25) is 14.5 Å². The van der Waals surface area contributed by atoms with E-state index in [0.29, 0.717) is 25.6 Å². The molecule has 2 bridgehead atoms. The Morgan fingerprint density at radius 1 is 1.13 bits per heavy atom. The van der Waals surface area contributed by atoms with Gasteiger partial charge in [0.1, 0.15) is 5.75 Å². The molecule has 0 aromatic heterocycles. The Labute approximate surface area is 177 Å². The second-order valence-electron chi connectivity index (χ2n) is 8.31. The second kappa shape index (κ2) is 8.50. The number of likely N-dealkylation sites (tertiary alicyclic amines) is 1. The quantitative estimate of drug-likeness (QED) is 0.310. The SMILES string of the molecule is CCNC(=NCc1cc(C)cc(OC)c1)NCCN1C(=O)C2C3C=CC(C3)C2C1=O. The fourth-order valence-corrected chi connectivity index (χ4v) is 5.02. The van der Waals surface area contributed by atoms with E-state index in [4.69, 9.17) is 4.74 Å². The summed E-state index contributed by atoms with van der Waals surface area (Å²) >= 11 is 0. The van der Waals surface area contributed by atoms with Crippen LogP contribution in [0.5, 0.6) is 5.75 Å². The molecule has 2 amide bonds. The van der Waals surface area contributed by atoms with Crippen LogP contribution in [-0.2, 0) is 16.1 Å². The summed E-state index contributed by atoms with van der Waals surface area (Å²) in [5, 5.41) is 6.47. The number of fused-ring (bicyclic) bond motifs is 5. The van der Waals surface area contributed by atoms with Crippen molar-refractivity contribution in [1.82, 2.24) is 15.5 Å². The lowest BCUT2D eigenvalue weighted by Gasteiger charge is -2.18. The predicted octanol–water partition coefficient (Wildman–Crippen LogP) is 1.87. The molecule has 1 saturated heterocycles. The van der Waals surface area contributed by atoms with Gasteiger partial charge < -0.3 is 15.4 Å². The van der Waals surface area contributed by atoms with Crippen LogP contribution < -0.4 is 15.4 Å². The van der Waals surface area contributed by atoms with Gasteiger partial charge in [0.25, 0.3) is 0 Å². The standard InChI is InChI=1S/C23H30N4O3/c1-4-24-23(26-13-15-9-14(2)10-18(11-15)30-3)25-7-8-27-21(28)19-16-5-6-17(12-16)20(19)22(27)29/h5-6,9-11,16-17,19-20H,4,7-8,12-13H2,1-3H3,(H2,24,25,26). The van der Waals surface area contributed by atoms with Gasteiger partial charge >= 0.3 is 0 Å². The van der Waals surface area contributed by atoms with Crippen molar-refractivity contribution in [2.45, 2.75) is 26.8 Å². The molecule has 3 aliphatic rings. The van der Waals surface area contributed by atoms with E-state index in [-0.39, 0.29) is 35.5 Å². The van der Waals surface area contributed by atoms with Crippen LogP contribution in [0.15, 0.2) is 35.3 Å². The zero-order chi connectivity index (χ0) is 21.3. The van der Waals surface area contributed by atoms with Crippen LogP contribution >= 0.6 is 0 Å². The Morgan fingerprint density at radius 2 is 1.83 bits per heavy atom. The summed E-state index contributed by atoms with van der Waals surface area (Å²) in [6.45, 7) is 6.11. The first-order valence-electron chi connectivity index (χ1n) is 10.7. The van der Waals surface area contributed by atoms with Crippen LogP contribution in [0, 0.1) is 30.6 Å². The molecule has 1 heterocycles. The van der Waals surface area contributed by atoms with E-state index >= 15 is 0 Å². The minimum atomic E-state index is -0.134. The summed E-state index contributed by atoms with van der Waals surface area (Å²) in [6.07, 6.45) is 5.20. The minimum Gasteiger partial charge on any atom is -0.497 e. The van der Waals surface area contributed by atoms with Crippen molar-refractivity contribution in [3.8, 4) is 5.75 Å². The highest BCUT2D eigenvalue weighted by molar-refractivity contribution is 6.06. The number of hydrogen-bond acceptors (Lipinski definition) is 4. The van der Waals surface area contributed by atoms with Gasteiger partial charge in [0.2, 0.25) is 11.8 Å². The normalized spacial score (nSPS) is 27.0. The number of allylic oxidation sites excluding steroid dienone is 2. The van der Waals surface area contributed by atoms with E-state index in [2.05, 4.69) is 33.8 Å². The van der Waals surface area contributed by atoms with Crippen molar-refractivity contribution < 1.29 is 14.3 Å². The predicted molar refractivity (Wildman–Crippen MR) is 115 cm³/mol. The maximum Gasteiger partial charge on any atom is 0.233 e. The molecule has 7 nitrogen and oxygen atoms in total. The van der Waals surface area contributed by atoms with E-state index in [0.717, 1.165) is 29.8 Å². The summed E-state index contributed by atoms with van der Waals surface area (Å²) in [7, 11) is 1.66. The largest absolute Gasteiger partial charge is 0.497 e. The summed E-state index contributed by atoms with van der Waals surface area (Å²) < 4.78 is 5.33. The zero-order valence-electron chi connectivity index (χ0n) is 17.9. The molecule has 2 aliphatic carbocycles. The molecule has 7 heteroatoms. The fraction of sp³-hybridized carbons (Fsp3) is 0.522. The van der Waals surface area contributed by atoms with Crippen molar-refractivity contribution in [2.24, 2.45) is 28.7 Å². The molecule has 4 unspecified atom stereocenters. The third-order valence-corrected chi connectivity index (χ3v) is 6.30. The molecule has 4 atom stereocenters. The lowest BCUT2D eigenvalue weighted by molar-refractivity contribution is -0.140. The van der Waals surface area contributed by atoms with Gasteiger partial charge in [0, 0.05) is 19.6 Å². The minimum absolute atomic E-state index is 0.00237. The average molecular weight is 411 g/mol. The Kier molecular flexibility index (Phi) is 5.79. The summed E-state index contributed by atoms with van der Waals surface area (Å²) in [6, 6.07) is 6.04. The number of rotatable bonds is 7. The summed E-state index contributed by atoms with van der Waals surface area (Å²) in [5.41, 5.74) is 2.18. The lowest BCUT2D eigenvalue weighted by Crippen LogP contribution is -2.43. The molecule has 0 spiro atoms. The van der Waals surface area contributed by atoms with Crippen LogP contribution in [0.3, 0.4) is 0 Å². The van der Waals surface area contributed by atoms with Crippen LogP contribution in [0.1, 0.15) is 24.5 Å². The smallest absolute Gasteiger partial charge is 0.233 e. The first kappa shape index (κ1) is 20.4. The first-order chi connectivity index (χ1) is 14.5. The van der Waals surface area contributed by atoms with Crippen molar-refractivity contribution in [3.05, 3.63) is 41.5 Å². The topological polar surface area (TPSA) is 83.0 Å². The van der Waals surface area contributed by atoms with Gasteiger partial charge in [-0.15, -0.1) is 0 Å². The van der Waals surface area contributed by atoms with Crippen molar-refractivity contribution in [1.29, 1.82) is 0 Å². The van der Waals surface area contributed by atoms with Crippen LogP contribution in [0.4, 0.5) is 0 Å². The van der Waals surface area contributed by atoms with Gasteiger partial charge in [-0.2, -0.15) is 0 Å². The van der Waals surface area contributed by atoms with Crippen molar-refractivity contribution in [3.63, 3.8) is 0 Å². The number of nitrogens with zero attached hydrogens (tertiary/aromatic N) is 2. The van der Waals surface area contributed by atoms with E-state index in [9.17, 15) is 9.59 Å². The highest BCUT2D eigenvalue weighted by Crippen LogP contribution is 2.52. The summed E-state index contributed by atoms with van der Waals surface area (Å²) in [5.74, 6) is 1.71. The van der Waals surface area contributed by atoms with E-state index in [1.165, 1.54) is 4.90 Å². The van der Waals surface area contributed by atoms with E-state index in [1.807, 2.05) is 26.0 Å². The third kappa shape index (κ3) is 3.80. The lowest BCUT2D eigenvalue weighted by atomic mass is 9.85. The number of nitrogens with one attached hydrogen (secondary N) is 2. The number of benzene rings is 1. The second-order valence-corrected chi connectivity index (χ2v) is 8.31. The number of amides is 2. The number of methoxy groups -OCH3 is 1. The first-order valence-corrected chi connectivity index (χ1v) is 10.7. The Morgan fingerprint density at radius 3 is 2.47 bits per heavy atom. The number of ether oxygens (including phenoxy) is 1. The maximum atomic E-state index is 12.8. The number of imide groups is 1. The molecule has 1 saturated carbocycles. The average Bonchev–Trinajstić information content (AvgIpc) is 3.41. The third-order valence-electron chi connectivity index (χ3n) is 6.30. The number of aryl methyl sites for hydroxylation is 1. The highest BCUT2D eigenvalue weighted by Gasteiger charge is 2.58. The van der Waals surface area contributed by atoms with Gasteiger partial charge in [-0.1, -0.05) is 18.2 Å². The molecule has 160 valence electrons. The maximum absolute atomic E-state index is 12.8. The van der Waals surface area contributed by atoms with Gasteiger partial charge in [-0.05, 0) is 55.4 Å². The number of hydrogen-bond donors (Lipinski definition) is 2.